The van der Waals surface area contributed by atoms with Crippen LogP contribution in [0.25, 0.3) is 11.0 Å². The Kier molecular flexibility index (Phi) is 1.07. The van der Waals surface area contributed by atoms with Gasteiger partial charge in [-0.25, -0.2) is 0 Å². The van der Waals surface area contributed by atoms with E-state index >= 15 is 0 Å². The van der Waals surface area contributed by atoms with Gasteiger partial charge in [-0.3, -0.25) is 0 Å². The van der Waals surface area contributed by atoms with Crippen molar-refractivity contribution in [3.8, 4) is 0 Å². The van der Waals surface area contributed by atoms with Crippen molar-refractivity contribution in [2.75, 3.05) is 0 Å². The number of fused-ring (bicyclic) bond motifs is 1. The molecule has 2 aromatic rings. The fourth-order valence-electron chi connectivity index (χ4n) is 0.635. The van der Waals surface area contributed by atoms with Crippen LogP contribution in [0.1, 0.15) is 0 Å². The van der Waals surface area contributed by atoms with Crippen LogP contribution in [0.2, 0.25) is 0 Å². The van der Waals surface area contributed by atoms with Crippen molar-refractivity contribution in [2.45, 2.75) is 0 Å². The summed E-state index contributed by atoms with van der Waals surface area (Å²) in [5.41, 5.74) is 1.93. The van der Waals surface area contributed by atoms with Crippen LogP contribution >= 0.6 is 0 Å². The summed E-state index contributed by atoms with van der Waals surface area (Å²) in [7, 11) is 0. The van der Waals surface area contributed by atoms with Crippen LogP contribution < -0.4 is 0 Å². The van der Waals surface area contributed by atoms with E-state index < -0.39 is 0 Å². The van der Waals surface area contributed by atoms with E-state index in [4.69, 9.17) is 0 Å². The number of hydrogen-bond donors (Lipinski definition) is 0. The molecule has 0 fully saturated rings. The minimum absolute atomic E-state index is 0.0887. The van der Waals surface area contributed by atoms with Crippen LogP contribution in [0.3, 0.4) is 0 Å². The molecule has 2 rings (SSSR count). The maximum atomic E-state index is 4.16. The molecule has 3 nitrogen and oxygen atoms in total. The molecule has 0 unspecified atom stereocenters. The van der Waals surface area contributed by atoms with Gasteiger partial charge in [-0.2, -0.15) is 0 Å². The first kappa shape index (κ1) is 5.09. The summed E-state index contributed by atoms with van der Waals surface area (Å²) in [6.07, 6.45) is 3.48. The van der Waals surface area contributed by atoms with E-state index in [1.54, 1.807) is 12.4 Å². The van der Waals surface area contributed by atoms with Crippen LogP contribution in [-0.4, -0.2) is 27.9 Å². The summed E-state index contributed by atoms with van der Waals surface area (Å²) >= 11 is 0.0887. The molecule has 0 aliphatic heterocycles. The van der Waals surface area contributed by atoms with E-state index in [-0.39, 0.29) is 15.0 Å². The molecule has 0 aliphatic rings. The van der Waals surface area contributed by atoms with Gasteiger partial charge < -0.3 is 0 Å². The van der Waals surface area contributed by atoms with E-state index in [1.807, 2.05) is 6.07 Å². The molecular weight excluding hydrogens is 181 g/mol. The van der Waals surface area contributed by atoms with Gasteiger partial charge in [0.05, 0.1) is 0 Å². The molecule has 0 radical (unpaired) electrons. The van der Waals surface area contributed by atoms with Gasteiger partial charge in [0.1, 0.15) is 0 Å². The topological polar surface area (TPSA) is 38.7 Å². The minimum atomic E-state index is 0.0887. The zero-order chi connectivity index (χ0) is 6.10. The number of pyridine rings is 1. The predicted octanol–water partition coefficient (Wildman–Crippen LogP) is 0.0818. The van der Waals surface area contributed by atoms with Crippen LogP contribution in [0, 0.1) is 0 Å². The van der Waals surface area contributed by atoms with Crippen molar-refractivity contribution in [3.63, 3.8) is 0 Å². The Labute approximate surface area is 58.0 Å². The third-order valence-electron chi connectivity index (χ3n) is 1.06. The van der Waals surface area contributed by atoms with E-state index in [0.29, 0.717) is 0 Å². The Hall–Kier alpha value is -0.731. The average Bonchev–Trinajstić information content (AvgIpc) is 2.33. The summed E-state index contributed by atoms with van der Waals surface area (Å²) in [5.74, 6) is 0. The number of nitrogens with zero attached hydrogens (tertiary/aromatic N) is 3. The van der Waals surface area contributed by atoms with Crippen molar-refractivity contribution in [1.29, 1.82) is 0 Å². The molecular formula is C5H3N3Se. The second kappa shape index (κ2) is 1.90. The van der Waals surface area contributed by atoms with Crippen molar-refractivity contribution < 1.29 is 0 Å². The molecule has 0 aliphatic carbocycles. The van der Waals surface area contributed by atoms with Crippen LogP contribution in [0.15, 0.2) is 18.5 Å². The maximum absolute atomic E-state index is 4.16. The molecule has 44 valence electrons. The Bertz CT molecular complexity index is 286. The third-order valence-corrected chi connectivity index (χ3v) is 2.22. The number of aromatic nitrogens is 3. The molecule has 2 heterocycles. The van der Waals surface area contributed by atoms with Gasteiger partial charge in [-0.15, -0.1) is 0 Å². The first-order chi connectivity index (χ1) is 4.47. The second-order valence-electron chi connectivity index (χ2n) is 1.63. The van der Waals surface area contributed by atoms with Gasteiger partial charge in [0.25, 0.3) is 0 Å². The zero-order valence-electron chi connectivity index (χ0n) is 4.48. The summed E-state index contributed by atoms with van der Waals surface area (Å²) in [5, 5.41) is 0. The van der Waals surface area contributed by atoms with Crippen molar-refractivity contribution in [1.82, 2.24) is 12.9 Å². The third kappa shape index (κ3) is 0.763. The zero-order valence-corrected chi connectivity index (χ0v) is 6.20. The molecule has 0 amide bonds. The van der Waals surface area contributed by atoms with Gasteiger partial charge in [-0.05, 0) is 0 Å². The van der Waals surface area contributed by atoms with Crippen LogP contribution in [0.4, 0.5) is 0 Å². The van der Waals surface area contributed by atoms with Gasteiger partial charge in [0, 0.05) is 0 Å². The van der Waals surface area contributed by atoms with E-state index in [0.717, 1.165) is 11.0 Å². The molecule has 0 spiro atoms. The quantitative estimate of drug-likeness (QED) is 0.544. The van der Waals surface area contributed by atoms with Gasteiger partial charge in [0.2, 0.25) is 0 Å². The van der Waals surface area contributed by atoms with Crippen LogP contribution in [0.5, 0.6) is 0 Å². The fourth-order valence-corrected chi connectivity index (χ4v) is 1.71. The summed E-state index contributed by atoms with van der Waals surface area (Å²) in [4.78, 5) is 3.91. The van der Waals surface area contributed by atoms with Gasteiger partial charge in [-0.1, -0.05) is 0 Å². The molecule has 0 N–H and O–H groups in total. The molecule has 0 saturated heterocycles. The molecule has 9 heavy (non-hydrogen) atoms. The molecule has 2 aromatic heterocycles. The molecule has 0 atom stereocenters. The summed E-state index contributed by atoms with van der Waals surface area (Å²) < 4.78 is 8.29. The first-order valence-electron chi connectivity index (χ1n) is 2.49. The number of hydrogen-bond acceptors (Lipinski definition) is 3. The molecule has 0 aromatic carbocycles. The van der Waals surface area contributed by atoms with Crippen molar-refractivity contribution in [3.05, 3.63) is 18.5 Å². The average molecular weight is 184 g/mol. The van der Waals surface area contributed by atoms with E-state index in [1.165, 1.54) is 0 Å². The molecule has 4 heteroatoms. The van der Waals surface area contributed by atoms with Crippen molar-refractivity contribution in [2.24, 2.45) is 0 Å². The van der Waals surface area contributed by atoms with Crippen LogP contribution in [-0.2, 0) is 0 Å². The monoisotopic (exact) mass is 185 g/mol. The Morgan fingerprint density at radius 2 is 2.11 bits per heavy atom. The molecule has 0 saturated carbocycles. The van der Waals surface area contributed by atoms with Gasteiger partial charge >= 0.3 is 57.4 Å². The van der Waals surface area contributed by atoms with Crippen molar-refractivity contribution >= 4 is 26.0 Å². The second-order valence-corrected chi connectivity index (χ2v) is 2.74. The SMILES string of the molecule is c1cc2n[se]nc2cn1. The Morgan fingerprint density at radius 1 is 1.22 bits per heavy atom. The Balaban J connectivity index is 2.95. The summed E-state index contributed by atoms with van der Waals surface area (Å²) in [6, 6.07) is 1.88. The van der Waals surface area contributed by atoms with E-state index in [9.17, 15) is 0 Å². The fraction of sp³-hybridized carbons (Fsp3) is 0. The standard InChI is InChI=1S/C5H3N3Se/c1-2-6-3-5-4(1)7-9-8-5/h1-3H. The predicted molar refractivity (Wildman–Crippen MR) is 34.3 cm³/mol. The normalized spacial score (nSPS) is 10.2. The molecule has 0 bridgehead atoms. The number of rotatable bonds is 0. The van der Waals surface area contributed by atoms with Gasteiger partial charge in [0.15, 0.2) is 0 Å². The Morgan fingerprint density at radius 3 is 3.00 bits per heavy atom. The van der Waals surface area contributed by atoms with E-state index in [2.05, 4.69) is 12.9 Å². The first-order valence-corrected chi connectivity index (χ1v) is 4.02. The summed E-state index contributed by atoms with van der Waals surface area (Å²) in [6.45, 7) is 0.